The van der Waals surface area contributed by atoms with E-state index in [0.29, 0.717) is 12.2 Å². The van der Waals surface area contributed by atoms with E-state index in [4.69, 9.17) is 14.6 Å². The molecule has 2 heterocycles. The fourth-order valence-corrected chi connectivity index (χ4v) is 3.67. The summed E-state index contributed by atoms with van der Waals surface area (Å²) in [6.07, 6.45) is -1.25. The maximum atomic E-state index is 12.7. The molecule has 2 atom stereocenters. The minimum Gasteiger partial charge on any atom is -0.491 e. The van der Waals surface area contributed by atoms with Gasteiger partial charge < -0.3 is 19.5 Å². The van der Waals surface area contributed by atoms with E-state index >= 15 is 0 Å². The number of hydrogen-bond donors (Lipinski definition) is 1. The predicted molar refractivity (Wildman–Crippen MR) is 101 cm³/mol. The maximum absolute atomic E-state index is 12.7. The summed E-state index contributed by atoms with van der Waals surface area (Å²) in [6, 6.07) is 7.56. The lowest BCUT2D eigenvalue weighted by Crippen LogP contribution is -2.51. The smallest absolute Gasteiger partial charge is 0.334 e. The largest absolute Gasteiger partial charge is 0.491 e. The molecular weight excluding hydrogens is 368 g/mol. The van der Waals surface area contributed by atoms with Crippen LogP contribution in [0, 0.1) is 0 Å². The van der Waals surface area contributed by atoms with Crippen molar-refractivity contribution in [3.8, 4) is 16.3 Å². The van der Waals surface area contributed by atoms with Crippen LogP contribution in [0.15, 0.2) is 29.6 Å². The minimum atomic E-state index is -1.07. The third-order valence-corrected chi connectivity index (χ3v) is 4.91. The molecule has 3 rings (SSSR count). The van der Waals surface area contributed by atoms with Gasteiger partial charge in [-0.2, -0.15) is 0 Å². The molecule has 144 valence electrons. The summed E-state index contributed by atoms with van der Waals surface area (Å²) in [7, 11) is 0. The summed E-state index contributed by atoms with van der Waals surface area (Å²) in [5.74, 6) is -0.565. The van der Waals surface area contributed by atoms with Crippen molar-refractivity contribution in [2.45, 2.75) is 39.1 Å². The van der Waals surface area contributed by atoms with Crippen molar-refractivity contribution in [1.82, 2.24) is 9.88 Å². The number of carbonyl (C=O) groups is 2. The maximum Gasteiger partial charge on any atom is 0.334 e. The first kappa shape index (κ1) is 19.3. The number of hydrogen-bond acceptors (Lipinski definition) is 6. The van der Waals surface area contributed by atoms with E-state index < -0.39 is 12.1 Å². The summed E-state index contributed by atoms with van der Waals surface area (Å²) in [5.41, 5.74) is 1.21. The second-order valence-corrected chi connectivity index (χ2v) is 7.57. The van der Waals surface area contributed by atoms with Crippen molar-refractivity contribution in [2.24, 2.45) is 0 Å². The molecule has 0 spiro atoms. The van der Waals surface area contributed by atoms with Gasteiger partial charge in [-0.3, -0.25) is 4.79 Å². The molecule has 1 N–H and O–H groups in total. The monoisotopic (exact) mass is 390 g/mol. The highest BCUT2D eigenvalue weighted by molar-refractivity contribution is 7.13. The number of carboxylic acids is 1. The van der Waals surface area contributed by atoms with Gasteiger partial charge in [-0.15, -0.1) is 11.3 Å². The molecule has 0 aliphatic carbocycles. The van der Waals surface area contributed by atoms with E-state index in [1.54, 1.807) is 12.3 Å². The molecule has 0 bridgehead atoms. The zero-order chi connectivity index (χ0) is 19.6. The molecule has 1 aromatic carbocycles. The van der Waals surface area contributed by atoms with Crippen LogP contribution in [-0.2, 0) is 9.53 Å². The SMILES string of the molecule is CC(C)Oc1ccc(-c2nc(C(=O)N3CC(C(=O)O)O[C@H](C)C3)cs2)cc1. The predicted octanol–water partition coefficient (Wildman–Crippen LogP) is 2.91. The number of carboxylic acid groups (broad SMARTS) is 1. The number of benzene rings is 1. The van der Waals surface area contributed by atoms with E-state index in [9.17, 15) is 9.59 Å². The average molecular weight is 390 g/mol. The second-order valence-electron chi connectivity index (χ2n) is 6.71. The molecule has 2 aromatic rings. The number of morpholine rings is 1. The zero-order valence-electron chi connectivity index (χ0n) is 15.4. The first-order valence-electron chi connectivity index (χ1n) is 8.73. The summed E-state index contributed by atoms with van der Waals surface area (Å²) in [5, 5.41) is 11.6. The van der Waals surface area contributed by atoms with E-state index in [1.807, 2.05) is 38.1 Å². The first-order valence-corrected chi connectivity index (χ1v) is 9.61. The molecule has 0 radical (unpaired) electrons. The minimum absolute atomic E-state index is 0.0204. The van der Waals surface area contributed by atoms with Gasteiger partial charge in [-0.25, -0.2) is 9.78 Å². The molecule has 1 aliphatic rings. The molecule has 7 nitrogen and oxygen atoms in total. The number of nitrogens with zero attached hydrogens (tertiary/aromatic N) is 2. The van der Waals surface area contributed by atoms with E-state index in [1.165, 1.54) is 16.2 Å². The van der Waals surface area contributed by atoms with Gasteiger partial charge in [0.1, 0.15) is 16.5 Å². The van der Waals surface area contributed by atoms with Gasteiger partial charge in [0, 0.05) is 17.5 Å². The van der Waals surface area contributed by atoms with E-state index in [2.05, 4.69) is 4.98 Å². The van der Waals surface area contributed by atoms with Gasteiger partial charge in [0.25, 0.3) is 5.91 Å². The van der Waals surface area contributed by atoms with Gasteiger partial charge in [-0.1, -0.05) is 0 Å². The summed E-state index contributed by atoms with van der Waals surface area (Å²) < 4.78 is 11.0. The van der Waals surface area contributed by atoms with Gasteiger partial charge in [-0.05, 0) is 45.0 Å². The van der Waals surface area contributed by atoms with Crippen LogP contribution in [0.3, 0.4) is 0 Å². The van der Waals surface area contributed by atoms with Crippen molar-refractivity contribution >= 4 is 23.2 Å². The number of ether oxygens (including phenoxy) is 2. The fourth-order valence-electron chi connectivity index (χ4n) is 2.87. The number of aromatic nitrogens is 1. The Morgan fingerprint density at radius 2 is 2.00 bits per heavy atom. The van der Waals surface area contributed by atoms with Crippen LogP contribution in [0.4, 0.5) is 0 Å². The molecule has 0 saturated carbocycles. The van der Waals surface area contributed by atoms with Crippen molar-refractivity contribution in [3.63, 3.8) is 0 Å². The highest BCUT2D eigenvalue weighted by atomic mass is 32.1. The van der Waals surface area contributed by atoms with Gasteiger partial charge in [0.05, 0.1) is 18.8 Å². The number of carbonyl (C=O) groups excluding carboxylic acids is 1. The first-order chi connectivity index (χ1) is 12.8. The van der Waals surface area contributed by atoms with E-state index in [0.717, 1.165) is 16.3 Å². The van der Waals surface area contributed by atoms with Crippen molar-refractivity contribution in [1.29, 1.82) is 0 Å². The average Bonchev–Trinajstić information content (AvgIpc) is 3.10. The van der Waals surface area contributed by atoms with Crippen LogP contribution >= 0.6 is 11.3 Å². The van der Waals surface area contributed by atoms with Gasteiger partial charge >= 0.3 is 5.97 Å². The van der Waals surface area contributed by atoms with Crippen LogP contribution < -0.4 is 4.74 Å². The van der Waals surface area contributed by atoms with Crippen molar-refractivity contribution in [2.75, 3.05) is 13.1 Å². The topological polar surface area (TPSA) is 89.0 Å². The second kappa shape index (κ2) is 8.06. The van der Waals surface area contributed by atoms with Crippen LogP contribution in [0.2, 0.25) is 0 Å². The number of amides is 1. The molecule has 1 aromatic heterocycles. The third kappa shape index (κ3) is 4.64. The van der Waals surface area contributed by atoms with Crippen LogP contribution in [-0.4, -0.2) is 58.3 Å². The lowest BCUT2D eigenvalue weighted by Gasteiger charge is -2.34. The molecule has 8 heteroatoms. The van der Waals surface area contributed by atoms with Gasteiger partial charge in [0.15, 0.2) is 6.10 Å². The Labute approximate surface area is 161 Å². The number of aliphatic carboxylic acids is 1. The van der Waals surface area contributed by atoms with Crippen LogP contribution in [0.25, 0.3) is 10.6 Å². The molecular formula is C19H22N2O5S. The standard InChI is InChI=1S/C19H22N2O5S/c1-11(2)25-14-6-4-13(5-7-14)17-20-15(10-27-17)18(22)21-8-12(3)26-16(9-21)19(23)24/h4-7,10-12,16H,8-9H2,1-3H3,(H,23,24)/t12-,16?/m1/s1. The quantitative estimate of drug-likeness (QED) is 0.844. The zero-order valence-corrected chi connectivity index (χ0v) is 16.2. The number of thiazole rings is 1. The Bertz CT molecular complexity index is 818. The highest BCUT2D eigenvalue weighted by Gasteiger charge is 2.33. The highest BCUT2D eigenvalue weighted by Crippen LogP contribution is 2.27. The third-order valence-electron chi connectivity index (χ3n) is 4.02. The summed E-state index contributed by atoms with van der Waals surface area (Å²) in [6.45, 7) is 6.05. The molecule has 1 fully saturated rings. The molecule has 1 aliphatic heterocycles. The van der Waals surface area contributed by atoms with Gasteiger partial charge in [0.2, 0.25) is 0 Å². The Hall–Kier alpha value is -2.45. The Balaban J connectivity index is 1.73. The van der Waals surface area contributed by atoms with Crippen molar-refractivity contribution in [3.05, 3.63) is 35.3 Å². The van der Waals surface area contributed by atoms with Crippen LogP contribution in [0.1, 0.15) is 31.3 Å². The molecule has 1 saturated heterocycles. The van der Waals surface area contributed by atoms with Crippen molar-refractivity contribution < 1.29 is 24.2 Å². The Morgan fingerprint density at radius 1 is 1.30 bits per heavy atom. The lowest BCUT2D eigenvalue weighted by atomic mass is 10.2. The normalized spacial score (nSPS) is 19.9. The Kier molecular flexibility index (Phi) is 5.76. The lowest BCUT2D eigenvalue weighted by molar-refractivity contribution is -0.160. The molecule has 27 heavy (non-hydrogen) atoms. The molecule has 1 amide bonds. The summed E-state index contributed by atoms with van der Waals surface area (Å²) >= 11 is 1.38. The Morgan fingerprint density at radius 3 is 2.63 bits per heavy atom. The fraction of sp³-hybridized carbons (Fsp3) is 0.421. The summed E-state index contributed by atoms with van der Waals surface area (Å²) in [4.78, 5) is 29.9. The van der Waals surface area contributed by atoms with E-state index in [-0.39, 0.29) is 24.7 Å². The number of rotatable bonds is 5. The van der Waals surface area contributed by atoms with Crippen LogP contribution in [0.5, 0.6) is 5.75 Å². The molecule has 1 unspecified atom stereocenters.